The minimum Gasteiger partial charge on any atom is -0.295 e. The maximum atomic E-state index is 11.2. The second-order valence-corrected chi connectivity index (χ2v) is 3.20. The second-order valence-electron chi connectivity index (χ2n) is 3.20. The number of aromatic nitrogens is 2. The van der Waals surface area contributed by atoms with Crippen molar-refractivity contribution < 1.29 is 4.79 Å². The third kappa shape index (κ3) is 2.07. The van der Waals surface area contributed by atoms with E-state index >= 15 is 0 Å². The van der Waals surface area contributed by atoms with E-state index in [0.29, 0.717) is 5.56 Å². The Morgan fingerprint density at radius 2 is 1.87 bits per heavy atom. The predicted octanol–water partition coefficient (Wildman–Crippen LogP) is 2.35. The third-order valence-corrected chi connectivity index (χ3v) is 2.09. The average molecular weight is 198 g/mol. The van der Waals surface area contributed by atoms with Crippen molar-refractivity contribution in [1.29, 1.82) is 0 Å². The number of rotatable bonds is 2. The summed E-state index contributed by atoms with van der Waals surface area (Å²) >= 11 is 0. The van der Waals surface area contributed by atoms with Crippen molar-refractivity contribution in [1.82, 2.24) is 9.97 Å². The van der Waals surface area contributed by atoms with E-state index in [-0.39, 0.29) is 5.78 Å². The van der Waals surface area contributed by atoms with Crippen LogP contribution in [0.25, 0.3) is 11.4 Å². The molecule has 0 spiro atoms. The van der Waals surface area contributed by atoms with Crippen LogP contribution in [-0.2, 0) is 0 Å². The summed E-state index contributed by atoms with van der Waals surface area (Å²) < 4.78 is 0. The maximum absolute atomic E-state index is 11.2. The quantitative estimate of drug-likeness (QED) is 0.695. The fourth-order valence-electron chi connectivity index (χ4n) is 1.30. The van der Waals surface area contributed by atoms with Gasteiger partial charge in [0.05, 0.1) is 11.4 Å². The van der Waals surface area contributed by atoms with E-state index in [9.17, 15) is 4.79 Å². The summed E-state index contributed by atoms with van der Waals surface area (Å²) in [4.78, 5) is 19.5. The van der Waals surface area contributed by atoms with Crippen molar-refractivity contribution in [3.63, 3.8) is 0 Å². The number of carbonyl (C=O) groups excluding carboxylic acids is 1. The zero-order chi connectivity index (χ0) is 10.7. The Morgan fingerprint density at radius 3 is 2.53 bits per heavy atom. The molecule has 3 nitrogen and oxygen atoms in total. The van der Waals surface area contributed by atoms with Gasteiger partial charge < -0.3 is 0 Å². The van der Waals surface area contributed by atoms with E-state index < -0.39 is 0 Å². The Labute approximate surface area is 87.8 Å². The number of pyridine rings is 2. The van der Waals surface area contributed by atoms with Gasteiger partial charge in [-0.25, -0.2) is 0 Å². The lowest BCUT2D eigenvalue weighted by Gasteiger charge is -2.00. The van der Waals surface area contributed by atoms with Crippen LogP contribution in [0.3, 0.4) is 0 Å². The van der Waals surface area contributed by atoms with Gasteiger partial charge in [-0.2, -0.15) is 0 Å². The van der Waals surface area contributed by atoms with Crippen molar-refractivity contribution >= 4 is 5.78 Å². The molecule has 2 heterocycles. The molecule has 0 saturated carbocycles. The summed E-state index contributed by atoms with van der Waals surface area (Å²) in [5, 5.41) is 0. The molecule has 0 atom stereocenters. The summed E-state index contributed by atoms with van der Waals surface area (Å²) in [7, 11) is 0. The van der Waals surface area contributed by atoms with E-state index in [2.05, 4.69) is 9.97 Å². The Bertz CT molecular complexity index is 480. The van der Waals surface area contributed by atoms with Gasteiger partial charge in [0, 0.05) is 18.0 Å². The summed E-state index contributed by atoms with van der Waals surface area (Å²) in [5.74, 6) is 0.0366. The van der Waals surface area contributed by atoms with Crippen molar-refractivity contribution in [2.24, 2.45) is 0 Å². The molecule has 0 bridgehead atoms. The minimum atomic E-state index is 0.0366. The highest BCUT2D eigenvalue weighted by atomic mass is 16.1. The molecule has 0 unspecified atom stereocenters. The van der Waals surface area contributed by atoms with Crippen LogP contribution in [0.2, 0.25) is 0 Å². The van der Waals surface area contributed by atoms with E-state index in [4.69, 9.17) is 0 Å². The monoisotopic (exact) mass is 198 g/mol. The molecule has 2 aromatic rings. The summed E-state index contributed by atoms with van der Waals surface area (Å²) in [5.41, 5.74) is 2.16. The van der Waals surface area contributed by atoms with Gasteiger partial charge in [0.2, 0.25) is 0 Å². The molecule has 0 N–H and O–H groups in total. The molecule has 0 fully saturated rings. The predicted molar refractivity (Wildman–Crippen MR) is 57.5 cm³/mol. The first-order chi connectivity index (χ1) is 7.27. The van der Waals surface area contributed by atoms with Gasteiger partial charge in [0.1, 0.15) is 0 Å². The first kappa shape index (κ1) is 9.52. The summed E-state index contributed by atoms with van der Waals surface area (Å²) in [6.45, 7) is 1.54. The van der Waals surface area contributed by atoms with Gasteiger partial charge in [-0.05, 0) is 31.2 Å². The summed E-state index contributed by atoms with van der Waals surface area (Å²) in [6, 6.07) is 9.06. The Kier molecular flexibility index (Phi) is 2.54. The number of hydrogen-bond donors (Lipinski definition) is 0. The lowest BCUT2D eigenvalue weighted by atomic mass is 10.1. The van der Waals surface area contributed by atoms with Crippen molar-refractivity contribution in [3.8, 4) is 11.4 Å². The third-order valence-electron chi connectivity index (χ3n) is 2.09. The molecule has 15 heavy (non-hydrogen) atoms. The molecule has 3 heteroatoms. The smallest absolute Gasteiger partial charge is 0.159 e. The number of Topliss-reactive ketones (excluding diaryl/α,β-unsaturated/α-hetero) is 1. The first-order valence-corrected chi connectivity index (χ1v) is 4.66. The molecule has 0 aliphatic carbocycles. The van der Waals surface area contributed by atoms with E-state index in [1.54, 1.807) is 24.5 Å². The molecule has 0 amide bonds. The van der Waals surface area contributed by atoms with Crippen LogP contribution in [0.4, 0.5) is 0 Å². The van der Waals surface area contributed by atoms with Crippen LogP contribution in [0.15, 0.2) is 42.7 Å². The average Bonchev–Trinajstić information content (AvgIpc) is 2.30. The topological polar surface area (TPSA) is 42.9 Å². The molecule has 0 aromatic carbocycles. The Balaban J connectivity index is 2.46. The lowest BCUT2D eigenvalue weighted by molar-refractivity contribution is 0.101. The second kappa shape index (κ2) is 4.00. The maximum Gasteiger partial charge on any atom is 0.159 e. The molecule has 2 aromatic heterocycles. The number of nitrogens with zero attached hydrogens (tertiary/aromatic N) is 2. The standard InChI is InChI=1S/C12H10N2O/c1-9(15)10-5-7-14-12(8-10)11-4-2-3-6-13-11/h2-8H,1H3. The molecule has 0 saturated heterocycles. The molecule has 2 rings (SSSR count). The largest absolute Gasteiger partial charge is 0.295 e. The zero-order valence-corrected chi connectivity index (χ0v) is 8.34. The highest BCUT2D eigenvalue weighted by Crippen LogP contribution is 2.14. The molecular weight excluding hydrogens is 188 g/mol. The normalized spacial score (nSPS) is 9.93. The molecular formula is C12H10N2O. The van der Waals surface area contributed by atoms with E-state index in [1.165, 1.54) is 6.92 Å². The summed E-state index contributed by atoms with van der Waals surface area (Å²) in [6.07, 6.45) is 3.33. The number of ketones is 1. The van der Waals surface area contributed by atoms with Crippen molar-refractivity contribution in [2.75, 3.05) is 0 Å². The van der Waals surface area contributed by atoms with Crippen LogP contribution in [-0.4, -0.2) is 15.8 Å². The van der Waals surface area contributed by atoms with Crippen LogP contribution in [0, 0.1) is 0 Å². The lowest BCUT2D eigenvalue weighted by Crippen LogP contribution is -1.94. The molecule has 0 aliphatic heterocycles. The highest BCUT2D eigenvalue weighted by Gasteiger charge is 2.03. The first-order valence-electron chi connectivity index (χ1n) is 4.66. The molecule has 0 radical (unpaired) electrons. The number of hydrogen-bond acceptors (Lipinski definition) is 3. The Hall–Kier alpha value is -2.03. The van der Waals surface area contributed by atoms with Gasteiger partial charge in [-0.3, -0.25) is 14.8 Å². The van der Waals surface area contributed by atoms with Crippen molar-refractivity contribution in [2.45, 2.75) is 6.92 Å². The fourth-order valence-corrected chi connectivity index (χ4v) is 1.30. The van der Waals surface area contributed by atoms with Gasteiger partial charge >= 0.3 is 0 Å². The molecule has 0 aliphatic rings. The highest BCUT2D eigenvalue weighted by molar-refractivity contribution is 5.94. The number of carbonyl (C=O) groups is 1. The SMILES string of the molecule is CC(=O)c1ccnc(-c2ccccn2)c1. The van der Waals surface area contributed by atoms with Crippen LogP contribution >= 0.6 is 0 Å². The van der Waals surface area contributed by atoms with E-state index in [0.717, 1.165) is 11.4 Å². The van der Waals surface area contributed by atoms with Gasteiger partial charge in [-0.15, -0.1) is 0 Å². The zero-order valence-electron chi connectivity index (χ0n) is 8.34. The van der Waals surface area contributed by atoms with Crippen molar-refractivity contribution in [3.05, 3.63) is 48.3 Å². The van der Waals surface area contributed by atoms with Gasteiger partial charge in [0.25, 0.3) is 0 Å². The van der Waals surface area contributed by atoms with Crippen LogP contribution < -0.4 is 0 Å². The van der Waals surface area contributed by atoms with Gasteiger partial charge in [0.15, 0.2) is 5.78 Å². The van der Waals surface area contributed by atoms with Crippen LogP contribution in [0.1, 0.15) is 17.3 Å². The molecule has 74 valence electrons. The van der Waals surface area contributed by atoms with E-state index in [1.807, 2.05) is 18.2 Å². The van der Waals surface area contributed by atoms with Gasteiger partial charge in [-0.1, -0.05) is 6.07 Å². The van der Waals surface area contributed by atoms with Crippen LogP contribution in [0.5, 0.6) is 0 Å². The minimum absolute atomic E-state index is 0.0366. The Morgan fingerprint density at radius 1 is 1.07 bits per heavy atom. The fraction of sp³-hybridized carbons (Fsp3) is 0.0833.